The van der Waals surface area contributed by atoms with Crippen LogP contribution in [0.5, 0.6) is 0 Å². The lowest BCUT2D eigenvalue weighted by molar-refractivity contribution is 0.240. The molecule has 1 aromatic rings. The van der Waals surface area contributed by atoms with Crippen LogP contribution in [0.2, 0.25) is 0 Å². The van der Waals surface area contributed by atoms with Gasteiger partial charge in [-0.3, -0.25) is 0 Å². The van der Waals surface area contributed by atoms with Gasteiger partial charge in [0, 0.05) is 31.6 Å². The van der Waals surface area contributed by atoms with Gasteiger partial charge in [0.2, 0.25) is 0 Å². The monoisotopic (exact) mass is 243 g/mol. The second-order valence-corrected chi connectivity index (χ2v) is 4.67. The third kappa shape index (κ3) is 2.14. The summed E-state index contributed by atoms with van der Waals surface area (Å²) in [6.45, 7) is 3.94. The predicted molar refractivity (Wildman–Crippen MR) is 77.3 cm³/mol. The molecule has 96 valence electrons. The summed E-state index contributed by atoms with van der Waals surface area (Å²) >= 11 is 0. The van der Waals surface area contributed by atoms with Gasteiger partial charge < -0.3 is 16.0 Å². The second kappa shape index (κ2) is 5.27. The molecular formula is C15H21N3. The van der Waals surface area contributed by atoms with E-state index in [0.29, 0.717) is 0 Å². The summed E-state index contributed by atoms with van der Waals surface area (Å²) in [5.74, 6) is 0.492. The molecule has 0 saturated carbocycles. The first-order valence-electron chi connectivity index (χ1n) is 6.24. The molecule has 0 radical (unpaired) electrons. The molecular weight excluding hydrogens is 222 g/mol. The van der Waals surface area contributed by atoms with Crippen LogP contribution in [0.3, 0.4) is 0 Å². The number of hydrogen-bond acceptors (Lipinski definition) is 3. The van der Waals surface area contributed by atoms with Crippen molar-refractivity contribution < 1.29 is 0 Å². The van der Waals surface area contributed by atoms with Gasteiger partial charge in [0.25, 0.3) is 0 Å². The van der Waals surface area contributed by atoms with Gasteiger partial charge in [-0.1, -0.05) is 30.4 Å². The highest BCUT2D eigenvalue weighted by atomic mass is 15.2. The Morgan fingerprint density at radius 3 is 2.78 bits per heavy atom. The highest BCUT2D eigenvalue weighted by Crippen LogP contribution is 2.36. The summed E-state index contributed by atoms with van der Waals surface area (Å²) in [5, 5.41) is 3.24. The van der Waals surface area contributed by atoms with Crippen LogP contribution in [-0.4, -0.2) is 25.2 Å². The summed E-state index contributed by atoms with van der Waals surface area (Å²) < 4.78 is 0. The van der Waals surface area contributed by atoms with Crippen molar-refractivity contribution in [3.63, 3.8) is 0 Å². The number of nitrogens with zero attached hydrogens (tertiary/aromatic N) is 1. The largest absolute Gasteiger partial charge is 0.388 e. The smallest absolute Gasteiger partial charge is 0.0834 e. The number of benzene rings is 1. The summed E-state index contributed by atoms with van der Waals surface area (Å²) in [6.07, 6.45) is 6.19. The van der Waals surface area contributed by atoms with E-state index >= 15 is 0 Å². The normalized spacial score (nSPS) is 27.1. The number of para-hydroxylation sites is 1. The molecule has 0 aromatic heterocycles. The van der Waals surface area contributed by atoms with Crippen LogP contribution in [0.25, 0.3) is 0 Å². The van der Waals surface area contributed by atoms with Gasteiger partial charge in [0.05, 0.1) is 6.17 Å². The number of nitrogens with one attached hydrogen (secondary N) is 1. The molecule has 1 heterocycles. The Morgan fingerprint density at radius 2 is 2.11 bits per heavy atom. The molecule has 3 heteroatoms. The average molecular weight is 243 g/mol. The van der Waals surface area contributed by atoms with Gasteiger partial charge in [0.1, 0.15) is 0 Å². The van der Waals surface area contributed by atoms with Crippen molar-refractivity contribution in [2.75, 3.05) is 19.4 Å². The first-order valence-corrected chi connectivity index (χ1v) is 6.24. The van der Waals surface area contributed by atoms with E-state index in [4.69, 9.17) is 5.73 Å². The van der Waals surface area contributed by atoms with E-state index in [-0.39, 0.29) is 18.0 Å². The Morgan fingerprint density at radius 1 is 1.39 bits per heavy atom. The molecule has 0 spiro atoms. The Bertz CT molecular complexity index is 453. The van der Waals surface area contributed by atoms with E-state index in [1.54, 1.807) is 0 Å². The first-order chi connectivity index (χ1) is 8.69. The molecule has 0 fully saturated rings. The third-order valence-electron chi connectivity index (χ3n) is 3.67. The lowest BCUT2D eigenvalue weighted by atomic mass is 9.81. The zero-order valence-electron chi connectivity index (χ0n) is 11.0. The van der Waals surface area contributed by atoms with Crippen LogP contribution in [0.1, 0.15) is 11.5 Å². The Kier molecular flexibility index (Phi) is 3.72. The molecule has 3 unspecified atom stereocenters. The molecule has 0 bridgehead atoms. The van der Waals surface area contributed by atoms with Crippen LogP contribution in [0.4, 0.5) is 5.69 Å². The third-order valence-corrected chi connectivity index (χ3v) is 3.67. The maximum atomic E-state index is 6.24. The Labute approximate surface area is 109 Å². The topological polar surface area (TPSA) is 41.3 Å². The van der Waals surface area contributed by atoms with Crippen molar-refractivity contribution in [3.05, 3.63) is 54.8 Å². The minimum absolute atomic E-state index is 0.0255. The number of allylic oxidation sites excluding steroid dienone is 1. The minimum atomic E-state index is -0.0255. The summed E-state index contributed by atoms with van der Waals surface area (Å²) in [6, 6.07) is 8.34. The van der Waals surface area contributed by atoms with Crippen molar-refractivity contribution in [2.24, 2.45) is 11.7 Å². The van der Waals surface area contributed by atoms with Crippen LogP contribution >= 0.6 is 0 Å². The average Bonchev–Trinajstić information content (AvgIpc) is 2.41. The van der Waals surface area contributed by atoms with E-state index in [1.165, 1.54) is 5.56 Å². The van der Waals surface area contributed by atoms with Crippen LogP contribution in [0.15, 0.2) is 49.2 Å². The highest BCUT2D eigenvalue weighted by molar-refractivity contribution is 5.54. The fraction of sp³-hybridized carbons (Fsp3) is 0.333. The standard InChI is InChI=1S/C15H21N3/c1-4-11-12(9-10-18(3)15(11)16)13-7-5-6-8-14(13)17-2/h4-12,15,17H,1,16H2,2-3H3. The molecule has 18 heavy (non-hydrogen) atoms. The maximum absolute atomic E-state index is 6.24. The SMILES string of the molecule is C=CC1C(c2ccccc2NC)C=CN(C)C1N. The van der Waals surface area contributed by atoms with Gasteiger partial charge >= 0.3 is 0 Å². The molecule has 0 saturated heterocycles. The lowest BCUT2D eigenvalue weighted by Crippen LogP contribution is -2.46. The molecule has 3 atom stereocenters. The predicted octanol–water partition coefficient (Wildman–Crippen LogP) is 2.36. The summed E-state index contributed by atoms with van der Waals surface area (Å²) in [4.78, 5) is 2.03. The van der Waals surface area contributed by atoms with E-state index in [1.807, 2.05) is 31.1 Å². The van der Waals surface area contributed by atoms with Crippen molar-refractivity contribution in [2.45, 2.75) is 12.1 Å². The van der Waals surface area contributed by atoms with Gasteiger partial charge in [-0.15, -0.1) is 6.58 Å². The van der Waals surface area contributed by atoms with E-state index < -0.39 is 0 Å². The molecule has 1 aliphatic heterocycles. The van der Waals surface area contributed by atoms with Gasteiger partial charge in [-0.05, 0) is 17.8 Å². The second-order valence-electron chi connectivity index (χ2n) is 4.67. The molecule has 3 N–H and O–H groups in total. The molecule has 3 nitrogen and oxygen atoms in total. The van der Waals surface area contributed by atoms with Crippen molar-refractivity contribution in [1.82, 2.24) is 4.90 Å². The Balaban J connectivity index is 2.42. The zero-order chi connectivity index (χ0) is 13.1. The fourth-order valence-electron chi connectivity index (χ4n) is 2.55. The van der Waals surface area contributed by atoms with E-state index in [9.17, 15) is 0 Å². The molecule has 0 aliphatic carbocycles. The van der Waals surface area contributed by atoms with Crippen LogP contribution in [-0.2, 0) is 0 Å². The molecule has 1 aromatic carbocycles. The number of rotatable bonds is 3. The quantitative estimate of drug-likeness (QED) is 0.801. The van der Waals surface area contributed by atoms with Crippen molar-refractivity contribution >= 4 is 5.69 Å². The van der Waals surface area contributed by atoms with Crippen LogP contribution in [0, 0.1) is 5.92 Å². The van der Waals surface area contributed by atoms with E-state index in [2.05, 4.69) is 42.4 Å². The fourth-order valence-corrected chi connectivity index (χ4v) is 2.55. The number of hydrogen-bond donors (Lipinski definition) is 2. The molecule has 2 rings (SSSR count). The molecule has 1 aliphatic rings. The maximum Gasteiger partial charge on any atom is 0.0834 e. The zero-order valence-corrected chi connectivity index (χ0v) is 11.0. The summed E-state index contributed by atoms with van der Waals surface area (Å²) in [5.41, 5.74) is 8.65. The van der Waals surface area contributed by atoms with E-state index in [0.717, 1.165) is 5.69 Å². The minimum Gasteiger partial charge on any atom is -0.388 e. The number of anilines is 1. The van der Waals surface area contributed by atoms with Gasteiger partial charge in [-0.2, -0.15) is 0 Å². The van der Waals surface area contributed by atoms with Crippen LogP contribution < -0.4 is 11.1 Å². The van der Waals surface area contributed by atoms with Crippen molar-refractivity contribution in [1.29, 1.82) is 0 Å². The highest BCUT2D eigenvalue weighted by Gasteiger charge is 2.30. The van der Waals surface area contributed by atoms with Gasteiger partial charge in [0.15, 0.2) is 0 Å². The first kappa shape index (κ1) is 12.7. The Hall–Kier alpha value is -1.74. The number of nitrogens with two attached hydrogens (primary N) is 1. The molecule has 0 amide bonds. The summed E-state index contributed by atoms with van der Waals surface area (Å²) in [7, 11) is 3.94. The lowest BCUT2D eigenvalue weighted by Gasteiger charge is -2.38. The van der Waals surface area contributed by atoms with Crippen molar-refractivity contribution in [3.8, 4) is 0 Å². The van der Waals surface area contributed by atoms with Gasteiger partial charge in [-0.25, -0.2) is 0 Å².